The molecule has 18 heavy (non-hydrogen) atoms. The van der Waals surface area contributed by atoms with Crippen LogP contribution in [0.1, 0.15) is 39.4 Å². The maximum Gasteiger partial charge on any atom is 0.149 e. The van der Waals surface area contributed by atoms with E-state index in [1.807, 2.05) is 20.8 Å². The Morgan fingerprint density at radius 1 is 1.39 bits per heavy atom. The maximum absolute atomic E-state index is 13.5. The molecular formula is C15H19FO2. The third-order valence-corrected chi connectivity index (χ3v) is 2.20. The van der Waals surface area contributed by atoms with E-state index < -0.39 is 11.9 Å². The topological polar surface area (TPSA) is 29.5 Å². The second kappa shape index (κ2) is 5.88. The molecule has 0 spiro atoms. The van der Waals surface area contributed by atoms with Gasteiger partial charge in [0, 0.05) is 17.0 Å². The second-order valence-corrected chi connectivity index (χ2v) is 5.20. The first-order chi connectivity index (χ1) is 8.29. The summed E-state index contributed by atoms with van der Waals surface area (Å²) < 4.78 is 18.8. The summed E-state index contributed by atoms with van der Waals surface area (Å²) in [6.07, 6.45) is -0.820. The van der Waals surface area contributed by atoms with Gasteiger partial charge in [-0.3, -0.25) is 0 Å². The number of rotatable bonds is 3. The zero-order valence-corrected chi connectivity index (χ0v) is 11.2. The zero-order chi connectivity index (χ0) is 13.8. The van der Waals surface area contributed by atoms with Gasteiger partial charge >= 0.3 is 0 Å². The van der Waals surface area contributed by atoms with E-state index in [1.54, 1.807) is 6.07 Å². The number of halogens is 1. The number of aliphatic hydroxyl groups excluding tert-OH is 1. The van der Waals surface area contributed by atoms with E-state index in [-0.39, 0.29) is 17.6 Å². The van der Waals surface area contributed by atoms with E-state index in [9.17, 15) is 9.50 Å². The fraction of sp³-hybridized carbons (Fsp3) is 0.467. The van der Waals surface area contributed by atoms with Crippen LogP contribution in [0.4, 0.5) is 4.39 Å². The normalized spacial score (nSPS) is 12.6. The summed E-state index contributed by atoms with van der Waals surface area (Å²) in [7, 11) is 0. The Hall–Kier alpha value is -1.53. The van der Waals surface area contributed by atoms with Crippen molar-refractivity contribution >= 4 is 0 Å². The van der Waals surface area contributed by atoms with Crippen LogP contribution in [0, 0.1) is 23.1 Å². The van der Waals surface area contributed by atoms with Crippen LogP contribution in [-0.4, -0.2) is 11.7 Å². The zero-order valence-electron chi connectivity index (χ0n) is 11.2. The predicted molar refractivity (Wildman–Crippen MR) is 69.8 cm³/mol. The molecule has 0 heterocycles. The molecule has 1 atom stereocenters. The highest BCUT2D eigenvalue weighted by Crippen LogP contribution is 2.21. The minimum atomic E-state index is -0.820. The number of benzene rings is 1. The summed E-state index contributed by atoms with van der Waals surface area (Å²) in [6, 6.07) is 4.41. The van der Waals surface area contributed by atoms with Crippen LogP contribution in [0.2, 0.25) is 0 Å². The van der Waals surface area contributed by atoms with Gasteiger partial charge in [0.15, 0.2) is 0 Å². The van der Waals surface area contributed by atoms with Crippen molar-refractivity contribution < 1.29 is 14.2 Å². The third kappa shape index (κ3) is 4.77. The van der Waals surface area contributed by atoms with Crippen LogP contribution in [0.25, 0.3) is 0 Å². The molecule has 0 aromatic heterocycles. The summed E-state index contributed by atoms with van der Waals surface area (Å²) >= 11 is 0. The van der Waals surface area contributed by atoms with E-state index in [0.717, 1.165) is 0 Å². The quantitative estimate of drug-likeness (QED) is 0.834. The summed E-state index contributed by atoms with van der Waals surface area (Å²) in [5.74, 6) is 5.86. The molecule has 1 rings (SSSR count). The third-order valence-electron chi connectivity index (χ3n) is 2.20. The van der Waals surface area contributed by atoms with Crippen LogP contribution in [-0.2, 0) is 0 Å². The Morgan fingerprint density at radius 3 is 2.56 bits per heavy atom. The van der Waals surface area contributed by atoms with Gasteiger partial charge in [0.25, 0.3) is 0 Å². The lowest BCUT2D eigenvalue weighted by molar-refractivity contribution is 0.194. The highest BCUT2D eigenvalue weighted by atomic mass is 19.1. The smallest absolute Gasteiger partial charge is 0.149 e. The lowest BCUT2D eigenvalue weighted by Crippen LogP contribution is -2.02. The average Bonchev–Trinajstić information content (AvgIpc) is 2.22. The van der Waals surface area contributed by atoms with Crippen LogP contribution in [0.15, 0.2) is 18.2 Å². The minimum absolute atomic E-state index is 0.0647. The predicted octanol–water partition coefficient (Wildman–Crippen LogP) is 3.31. The largest absolute Gasteiger partial charge is 0.481 e. The van der Waals surface area contributed by atoms with Crippen molar-refractivity contribution in [2.75, 3.05) is 6.61 Å². The molecule has 1 unspecified atom stereocenters. The van der Waals surface area contributed by atoms with Crippen molar-refractivity contribution in [3.05, 3.63) is 29.6 Å². The number of hydrogen-bond donors (Lipinski definition) is 1. The van der Waals surface area contributed by atoms with Gasteiger partial charge in [-0.25, -0.2) is 4.39 Å². The molecule has 0 saturated heterocycles. The highest BCUT2D eigenvalue weighted by molar-refractivity contribution is 5.30. The van der Waals surface area contributed by atoms with Gasteiger partial charge in [-0.15, -0.1) is 0 Å². The molecule has 0 amide bonds. The first-order valence-corrected chi connectivity index (χ1v) is 5.90. The number of hydrogen-bond acceptors (Lipinski definition) is 2. The van der Waals surface area contributed by atoms with Crippen molar-refractivity contribution in [2.24, 2.45) is 5.41 Å². The van der Waals surface area contributed by atoms with Crippen LogP contribution in [0.5, 0.6) is 5.75 Å². The van der Waals surface area contributed by atoms with Gasteiger partial charge in [-0.2, -0.15) is 0 Å². The Kier molecular flexibility index (Phi) is 4.75. The SMILES string of the molecule is CC(O)c1ccc(OCC#CC(C)(C)C)cc1F. The van der Waals surface area contributed by atoms with Crippen molar-refractivity contribution in [1.29, 1.82) is 0 Å². The molecule has 1 N–H and O–H groups in total. The van der Waals surface area contributed by atoms with E-state index in [1.165, 1.54) is 19.1 Å². The first kappa shape index (κ1) is 14.5. The minimum Gasteiger partial charge on any atom is -0.481 e. The summed E-state index contributed by atoms with van der Waals surface area (Å²) in [4.78, 5) is 0. The Morgan fingerprint density at radius 2 is 2.06 bits per heavy atom. The maximum atomic E-state index is 13.5. The Bertz CT molecular complexity index is 462. The highest BCUT2D eigenvalue weighted by Gasteiger charge is 2.08. The fourth-order valence-electron chi connectivity index (χ4n) is 1.36. The number of aliphatic hydroxyl groups is 1. The van der Waals surface area contributed by atoms with Crippen LogP contribution in [0.3, 0.4) is 0 Å². The molecule has 0 aliphatic heterocycles. The van der Waals surface area contributed by atoms with Crippen molar-refractivity contribution in [3.8, 4) is 17.6 Å². The summed E-state index contributed by atoms with van der Waals surface area (Å²) in [5.41, 5.74) is 0.202. The van der Waals surface area contributed by atoms with E-state index in [2.05, 4.69) is 11.8 Å². The van der Waals surface area contributed by atoms with Crippen LogP contribution < -0.4 is 4.74 Å². The molecule has 0 bridgehead atoms. The molecule has 1 aromatic carbocycles. The number of ether oxygens (including phenoxy) is 1. The standard InChI is InChI=1S/C15H19FO2/c1-11(17)13-7-6-12(10-14(13)16)18-9-5-8-15(2,3)4/h6-7,10-11,17H,9H2,1-4H3. The van der Waals surface area contributed by atoms with Crippen molar-refractivity contribution in [2.45, 2.75) is 33.8 Å². The molecule has 3 heteroatoms. The molecule has 1 aromatic rings. The Balaban J connectivity index is 2.64. The Labute approximate surface area is 108 Å². The molecule has 98 valence electrons. The van der Waals surface area contributed by atoms with Crippen molar-refractivity contribution in [3.63, 3.8) is 0 Å². The molecule has 0 aliphatic carbocycles. The summed E-state index contributed by atoms with van der Waals surface area (Å²) in [5, 5.41) is 9.30. The molecular weight excluding hydrogens is 231 g/mol. The molecule has 0 fully saturated rings. The van der Waals surface area contributed by atoms with Crippen LogP contribution >= 0.6 is 0 Å². The van der Waals surface area contributed by atoms with Gasteiger partial charge in [0.05, 0.1) is 6.10 Å². The molecule has 0 saturated carbocycles. The monoisotopic (exact) mass is 250 g/mol. The second-order valence-electron chi connectivity index (χ2n) is 5.20. The van der Waals surface area contributed by atoms with Gasteiger partial charge in [0.1, 0.15) is 18.2 Å². The lowest BCUT2D eigenvalue weighted by atomic mass is 9.98. The first-order valence-electron chi connectivity index (χ1n) is 5.90. The van der Waals surface area contributed by atoms with Gasteiger partial charge in [-0.1, -0.05) is 11.8 Å². The van der Waals surface area contributed by atoms with E-state index in [4.69, 9.17) is 4.74 Å². The van der Waals surface area contributed by atoms with Gasteiger partial charge < -0.3 is 9.84 Å². The molecule has 2 nitrogen and oxygen atoms in total. The average molecular weight is 250 g/mol. The molecule has 0 aliphatic rings. The van der Waals surface area contributed by atoms with E-state index in [0.29, 0.717) is 5.75 Å². The van der Waals surface area contributed by atoms with Crippen molar-refractivity contribution in [1.82, 2.24) is 0 Å². The van der Waals surface area contributed by atoms with Gasteiger partial charge in [-0.05, 0) is 39.8 Å². The lowest BCUT2D eigenvalue weighted by Gasteiger charge is -2.09. The molecule has 0 radical (unpaired) electrons. The summed E-state index contributed by atoms with van der Waals surface area (Å²) in [6.45, 7) is 7.78. The van der Waals surface area contributed by atoms with E-state index >= 15 is 0 Å². The van der Waals surface area contributed by atoms with Gasteiger partial charge in [0.2, 0.25) is 0 Å². The fourth-order valence-corrected chi connectivity index (χ4v) is 1.36.